The van der Waals surface area contributed by atoms with Gasteiger partial charge in [0.2, 0.25) is 0 Å². The maximum Gasteiger partial charge on any atom is 0.102 e. The fourth-order valence-electron chi connectivity index (χ4n) is 11.6. The van der Waals surface area contributed by atoms with Crippen LogP contribution in [0.4, 0.5) is 0 Å². The summed E-state index contributed by atoms with van der Waals surface area (Å²) in [5.41, 5.74) is 16.0. The van der Waals surface area contributed by atoms with Crippen LogP contribution in [0.15, 0.2) is 291 Å². The minimum absolute atomic E-state index is 0. The summed E-state index contributed by atoms with van der Waals surface area (Å²) in [6, 6.07) is 108. The van der Waals surface area contributed by atoms with Gasteiger partial charge in [0.25, 0.3) is 0 Å². The zero-order valence-electron chi connectivity index (χ0n) is 54.0. The molecule has 12 aromatic carbocycles. The predicted molar refractivity (Wildman–Crippen MR) is 403 cm³/mol. The Labute approximate surface area is 549 Å². The third kappa shape index (κ3) is 19.4. The van der Waals surface area contributed by atoms with Crippen LogP contribution in [-0.2, 0) is 16.5 Å². The normalized spacial score (nSPS) is 10.8. The van der Waals surface area contributed by atoms with Gasteiger partial charge in [-0.15, -0.1) is 0 Å². The largest absolute Gasteiger partial charge is 0.102 e. The first-order valence-corrected chi connectivity index (χ1v) is 36.9. The molecule has 0 radical (unpaired) electrons. The summed E-state index contributed by atoms with van der Waals surface area (Å²) in [7, 11) is -3.77. The van der Waals surface area contributed by atoms with Crippen molar-refractivity contribution in [3.05, 3.63) is 358 Å². The molecule has 450 valence electrons. The molecule has 0 saturated carbocycles. The van der Waals surface area contributed by atoms with Crippen LogP contribution in [0.2, 0.25) is 0 Å². The summed E-state index contributed by atoms with van der Waals surface area (Å²) < 4.78 is 0. The predicted octanol–water partition coefficient (Wildman–Crippen LogP) is 16.4. The molecular weight excluding hydrogens is 1190 g/mol. The van der Waals surface area contributed by atoms with Crippen molar-refractivity contribution in [2.24, 2.45) is 0 Å². The number of benzene rings is 12. The van der Waals surface area contributed by atoms with E-state index >= 15 is 0 Å². The quantitative estimate of drug-likeness (QED) is 0.0845. The van der Waals surface area contributed by atoms with Crippen molar-refractivity contribution >= 4 is 95.3 Å². The van der Waals surface area contributed by atoms with Gasteiger partial charge in [-0.25, -0.2) is 0 Å². The summed E-state index contributed by atoms with van der Waals surface area (Å²) in [5.74, 6) is 0. The Balaban J connectivity index is 0.000000153. The fourth-order valence-corrected chi connectivity index (χ4v) is 23.2. The Bertz CT molecular complexity index is 3280. The van der Waals surface area contributed by atoms with E-state index in [-0.39, 0.29) is 16.5 Å². The maximum atomic E-state index is 2.35. The Morgan fingerprint density at radius 3 is 0.281 bits per heavy atom. The van der Waals surface area contributed by atoms with Crippen LogP contribution in [-0.4, -0.2) is 0 Å². The second-order valence-corrected chi connectivity index (χ2v) is 33.9. The van der Waals surface area contributed by atoms with Crippen LogP contribution in [0.25, 0.3) is 0 Å². The summed E-state index contributed by atoms with van der Waals surface area (Å²) in [6.45, 7) is 26.1. The average molecular weight is 1280 g/mol. The van der Waals surface area contributed by atoms with Gasteiger partial charge >= 0.3 is 0 Å². The van der Waals surface area contributed by atoms with Gasteiger partial charge in [0.15, 0.2) is 0 Å². The topological polar surface area (TPSA) is 0 Å². The van der Waals surface area contributed by atoms with E-state index < -0.39 is 31.7 Å². The third-order valence-electron chi connectivity index (χ3n) is 15.7. The first kappa shape index (κ1) is 67.8. The van der Waals surface area contributed by atoms with Gasteiger partial charge in [-0.1, -0.05) is 146 Å². The Kier molecular flexibility index (Phi) is 25.2. The molecule has 12 aromatic rings. The number of aryl methyl sites for hydroxylation is 12. The van der Waals surface area contributed by atoms with E-state index in [9.17, 15) is 0 Å². The molecule has 0 fully saturated rings. The van der Waals surface area contributed by atoms with Crippen molar-refractivity contribution in [3.63, 3.8) is 0 Å². The maximum absolute atomic E-state index is 2.35. The molecule has 0 saturated heterocycles. The van der Waals surface area contributed by atoms with Crippen molar-refractivity contribution in [1.29, 1.82) is 0 Å². The molecule has 0 aliphatic carbocycles. The zero-order valence-corrected chi connectivity index (χ0v) is 59.0. The van der Waals surface area contributed by atoms with Crippen molar-refractivity contribution in [3.8, 4) is 0 Å². The van der Waals surface area contributed by atoms with E-state index in [1.807, 2.05) is 0 Å². The van der Waals surface area contributed by atoms with Crippen molar-refractivity contribution in [2.45, 2.75) is 83.1 Å². The summed E-state index contributed by atoms with van der Waals surface area (Å²) in [5, 5.41) is 17.5. The first-order valence-electron chi connectivity index (χ1n) is 30.9. The van der Waals surface area contributed by atoms with Crippen molar-refractivity contribution < 1.29 is 16.5 Å². The van der Waals surface area contributed by atoms with Crippen LogP contribution in [0.1, 0.15) is 66.8 Å². The molecule has 12 rings (SSSR count). The standard InChI is InChI=1S/4C21H21P.Ni/c4*1-16-7-4-10-19(13-16)22(20-11-5-8-17(2)14-20)21-12-6-9-18(3)15-21;/h4*4-15H,1-3H3;/p+4. The minimum atomic E-state index is -0.944. The molecule has 0 aliphatic rings. The molecule has 0 heterocycles. The zero-order chi connectivity index (χ0) is 62.1. The van der Waals surface area contributed by atoms with Gasteiger partial charge < -0.3 is 0 Å². The molecule has 0 spiro atoms. The Morgan fingerprint density at radius 1 is 0.135 bits per heavy atom. The number of hydrogen-bond donors (Lipinski definition) is 0. The Hall–Kier alpha value is -7.15. The van der Waals surface area contributed by atoms with Gasteiger partial charge in [-0.05, 0) is 295 Å². The minimum Gasteiger partial charge on any atom is -0.0590 e. The summed E-state index contributed by atoms with van der Waals surface area (Å²) >= 11 is 0. The molecule has 0 atom stereocenters. The van der Waals surface area contributed by atoms with Gasteiger partial charge in [0.1, 0.15) is 63.7 Å². The van der Waals surface area contributed by atoms with E-state index in [4.69, 9.17) is 0 Å². The van der Waals surface area contributed by atoms with Crippen LogP contribution in [0.3, 0.4) is 0 Å². The molecule has 0 aromatic heterocycles. The molecule has 0 N–H and O–H groups in total. The molecule has 0 amide bonds. The summed E-state index contributed by atoms with van der Waals surface area (Å²) in [4.78, 5) is 0. The number of hydrogen-bond acceptors (Lipinski definition) is 0. The third-order valence-corrected chi connectivity index (χ3v) is 26.3. The first-order chi connectivity index (χ1) is 42.5. The van der Waals surface area contributed by atoms with Crippen LogP contribution in [0, 0.1) is 83.1 Å². The second kappa shape index (κ2) is 33.1. The molecule has 0 unspecified atom stereocenters. The van der Waals surface area contributed by atoms with Gasteiger partial charge in [0, 0.05) is 16.5 Å². The van der Waals surface area contributed by atoms with Gasteiger partial charge in [-0.2, -0.15) is 0 Å². The smallest absolute Gasteiger partial charge is 0.0590 e. The van der Waals surface area contributed by atoms with Crippen molar-refractivity contribution in [2.75, 3.05) is 0 Å². The molecule has 0 bridgehead atoms. The van der Waals surface area contributed by atoms with E-state index in [0.29, 0.717) is 0 Å². The molecule has 89 heavy (non-hydrogen) atoms. The molecule has 0 nitrogen and oxygen atoms in total. The van der Waals surface area contributed by atoms with Crippen LogP contribution in [0.5, 0.6) is 0 Å². The monoisotopic (exact) mass is 1280 g/mol. The van der Waals surface area contributed by atoms with Crippen LogP contribution >= 0.6 is 31.7 Å². The van der Waals surface area contributed by atoms with Crippen molar-refractivity contribution in [1.82, 2.24) is 0 Å². The fraction of sp³-hybridized carbons (Fsp3) is 0.143. The average Bonchev–Trinajstić information content (AvgIpc) is 2.34. The Morgan fingerprint density at radius 2 is 0.213 bits per heavy atom. The van der Waals surface area contributed by atoms with Crippen LogP contribution < -0.4 is 63.7 Å². The summed E-state index contributed by atoms with van der Waals surface area (Å²) in [6.07, 6.45) is 0. The van der Waals surface area contributed by atoms with E-state index in [1.54, 1.807) is 0 Å². The van der Waals surface area contributed by atoms with Gasteiger partial charge in [-0.3, -0.25) is 0 Å². The van der Waals surface area contributed by atoms with E-state index in [1.165, 1.54) is 130 Å². The second-order valence-electron chi connectivity index (χ2n) is 23.9. The molecule has 5 heteroatoms. The molecule has 0 aliphatic heterocycles. The number of rotatable bonds is 12. The van der Waals surface area contributed by atoms with Gasteiger partial charge in [0.05, 0.1) is 31.7 Å². The molecular formula is C84H88NiP4+4. The van der Waals surface area contributed by atoms with E-state index in [0.717, 1.165) is 0 Å². The SMILES string of the molecule is Cc1cccc([PH+](c2cccc(C)c2)c2cccc(C)c2)c1.Cc1cccc([PH+](c2cccc(C)c2)c2cccc(C)c2)c1.Cc1cccc([PH+](c2cccc(C)c2)c2cccc(C)c2)c1.Cc1cccc([PH+](c2cccc(C)c2)c2cccc(C)c2)c1.[Ni]. The van der Waals surface area contributed by atoms with E-state index in [2.05, 4.69) is 374 Å².